The molecule has 2 heterocycles. The fraction of sp³-hybridized carbons (Fsp3) is 0.833. The van der Waals surface area contributed by atoms with E-state index < -0.39 is 17.9 Å². The molecule has 0 bridgehead atoms. The highest BCUT2D eigenvalue weighted by Gasteiger charge is 2.38. The number of carboxylic acids is 1. The molecule has 0 aliphatic carbocycles. The van der Waals surface area contributed by atoms with E-state index in [9.17, 15) is 9.59 Å². The first-order valence-corrected chi connectivity index (χ1v) is 6.48. The summed E-state index contributed by atoms with van der Waals surface area (Å²) in [5.74, 6) is -1.22. The zero-order valence-electron chi connectivity index (χ0n) is 11.0. The molecule has 7 nitrogen and oxygen atoms in total. The van der Waals surface area contributed by atoms with E-state index >= 15 is 0 Å². The Labute approximate surface area is 111 Å². The minimum absolute atomic E-state index is 0.161. The molecular weight excluding hydrogens is 252 g/mol. The fourth-order valence-corrected chi connectivity index (χ4v) is 2.41. The van der Waals surface area contributed by atoms with Crippen LogP contribution in [0.4, 0.5) is 4.79 Å². The van der Waals surface area contributed by atoms with Gasteiger partial charge in [-0.3, -0.25) is 4.79 Å². The van der Waals surface area contributed by atoms with Gasteiger partial charge in [0.15, 0.2) is 0 Å². The van der Waals surface area contributed by atoms with Gasteiger partial charge in [0.25, 0.3) is 0 Å². The molecule has 2 aliphatic heterocycles. The monoisotopic (exact) mass is 272 g/mol. The number of likely N-dealkylation sites (N-methyl/N-ethyl adjacent to an activating group) is 1. The Morgan fingerprint density at radius 1 is 1.32 bits per heavy atom. The van der Waals surface area contributed by atoms with Gasteiger partial charge in [-0.2, -0.15) is 0 Å². The highest BCUT2D eigenvalue weighted by Crippen LogP contribution is 2.19. The van der Waals surface area contributed by atoms with Crippen LogP contribution in [0.3, 0.4) is 0 Å². The lowest BCUT2D eigenvalue weighted by Crippen LogP contribution is -2.49. The molecule has 2 aliphatic rings. The van der Waals surface area contributed by atoms with E-state index in [-0.39, 0.29) is 19.2 Å². The lowest BCUT2D eigenvalue weighted by atomic mass is 10.0. The Morgan fingerprint density at radius 2 is 2.11 bits per heavy atom. The number of urea groups is 1. The second-order valence-electron chi connectivity index (χ2n) is 5.08. The minimum atomic E-state index is -0.925. The first-order chi connectivity index (χ1) is 9.09. The molecule has 0 saturated carbocycles. The Hall–Kier alpha value is -1.34. The second-order valence-corrected chi connectivity index (χ2v) is 5.08. The van der Waals surface area contributed by atoms with Gasteiger partial charge >= 0.3 is 12.0 Å². The molecule has 0 radical (unpaired) electrons. The fourth-order valence-electron chi connectivity index (χ4n) is 2.41. The van der Waals surface area contributed by atoms with E-state index in [0.29, 0.717) is 19.1 Å². The molecule has 0 spiro atoms. The molecule has 2 fully saturated rings. The summed E-state index contributed by atoms with van der Waals surface area (Å²) < 4.78 is 10.4. The summed E-state index contributed by atoms with van der Waals surface area (Å²) in [6.07, 6.45) is 0.953. The topological polar surface area (TPSA) is 88.1 Å². The number of carbonyl (C=O) groups is 2. The normalized spacial score (nSPS) is 30.3. The van der Waals surface area contributed by atoms with Crippen molar-refractivity contribution in [2.45, 2.75) is 12.5 Å². The summed E-state index contributed by atoms with van der Waals surface area (Å²) in [5.41, 5.74) is 0. The van der Waals surface area contributed by atoms with E-state index in [4.69, 9.17) is 14.6 Å². The van der Waals surface area contributed by atoms with E-state index in [1.54, 1.807) is 7.05 Å². The lowest BCUT2D eigenvalue weighted by Gasteiger charge is -2.27. The summed E-state index contributed by atoms with van der Waals surface area (Å²) in [5, 5.41) is 11.9. The zero-order valence-corrected chi connectivity index (χ0v) is 11.0. The van der Waals surface area contributed by atoms with Crippen LogP contribution in [0, 0.1) is 11.8 Å². The minimum Gasteiger partial charge on any atom is -0.481 e. The van der Waals surface area contributed by atoms with Crippen LogP contribution in [0.5, 0.6) is 0 Å². The van der Waals surface area contributed by atoms with Crippen molar-refractivity contribution >= 4 is 12.0 Å². The number of nitrogens with zero attached hydrogens (tertiary/aromatic N) is 1. The average Bonchev–Trinajstić information content (AvgIpc) is 3.05. The summed E-state index contributed by atoms with van der Waals surface area (Å²) in [4.78, 5) is 24.5. The van der Waals surface area contributed by atoms with Crippen LogP contribution in [0.1, 0.15) is 6.42 Å². The third kappa shape index (κ3) is 3.36. The third-order valence-corrected chi connectivity index (χ3v) is 3.75. The quantitative estimate of drug-likeness (QED) is 0.737. The van der Waals surface area contributed by atoms with Crippen LogP contribution in [0.15, 0.2) is 0 Å². The molecule has 0 aromatic carbocycles. The summed E-state index contributed by atoms with van der Waals surface area (Å²) >= 11 is 0. The van der Waals surface area contributed by atoms with Crippen LogP contribution in [0.25, 0.3) is 0 Å². The van der Waals surface area contributed by atoms with E-state index in [0.717, 1.165) is 13.0 Å². The largest absolute Gasteiger partial charge is 0.481 e. The molecule has 0 aromatic heterocycles. The Kier molecular flexibility index (Phi) is 4.60. The van der Waals surface area contributed by atoms with Crippen molar-refractivity contribution < 1.29 is 24.2 Å². The Bertz CT molecular complexity index is 343. The summed E-state index contributed by atoms with van der Waals surface area (Å²) in [6.45, 7) is 2.41. The third-order valence-electron chi connectivity index (χ3n) is 3.75. The molecule has 108 valence electrons. The molecule has 19 heavy (non-hydrogen) atoms. The van der Waals surface area contributed by atoms with Crippen LogP contribution >= 0.6 is 0 Å². The maximum absolute atomic E-state index is 12.0. The molecule has 2 saturated heterocycles. The maximum Gasteiger partial charge on any atom is 0.317 e. The lowest BCUT2D eigenvalue weighted by molar-refractivity contribution is -0.142. The summed E-state index contributed by atoms with van der Waals surface area (Å²) in [6, 6.07) is -0.661. The van der Waals surface area contributed by atoms with Crippen molar-refractivity contribution in [2.75, 3.05) is 40.0 Å². The maximum atomic E-state index is 12.0. The number of nitrogens with one attached hydrogen (secondary N) is 1. The average molecular weight is 272 g/mol. The SMILES string of the molecule is CN(C(=O)NCC1CCOC1)C1COCC1C(=O)O. The molecule has 3 atom stereocenters. The number of rotatable bonds is 4. The highest BCUT2D eigenvalue weighted by molar-refractivity contribution is 5.77. The van der Waals surface area contributed by atoms with Crippen LogP contribution in [0.2, 0.25) is 0 Å². The molecule has 2 amide bonds. The number of carboxylic acid groups (broad SMARTS) is 1. The van der Waals surface area contributed by atoms with Gasteiger partial charge in [0.2, 0.25) is 0 Å². The van der Waals surface area contributed by atoms with E-state index in [2.05, 4.69) is 5.32 Å². The number of hydrogen-bond acceptors (Lipinski definition) is 4. The van der Waals surface area contributed by atoms with Crippen LogP contribution in [-0.4, -0.2) is 68.1 Å². The second kappa shape index (κ2) is 6.21. The van der Waals surface area contributed by atoms with Gasteiger partial charge in [0, 0.05) is 26.1 Å². The highest BCUT2D eigenvalue weighted by atomic mass is 16.5. The zero-order chi connectivity index (χ0) is 13.8. The van der Waals surface area contributed by atoms with Crippen molar-refractivity contribution in [3.63, 3.8) is 0 Å². The first-order valence-electron chi connectivity index (χ1n) is 6.48. The predicted molar refractivity (Wildman–Crippen MR) is 65.8 cm³/mol. The van der Waals surface area contributed by atoms with Gasteiger partial charge in [0.05, 0.1) is 25.9 Å². The van der Waals surface area contributed by atoms with Gasteiger partial charge in [-0.1, -0.05) is 0 Å². The number of ether oxygens (including phenoxy) is 2. The molecule has 7 heteroatoms. The van der Waals surface area contributed by atoms with Gasteiger partial charge in [0.1, 0.15) is 5.92 Å². The summed E-state index contributed by atoms with van der Waals surface area (Å²) in [7, 11) is 1.61. The van der Waals surface area contributed by atoms with Crippen LogP contribution in [-0.2, 0) is 14.3 Å². The van der Waals surface area contributed by atoms with Crippen LogP contribution < -0.4 is 5.32 Å². The molecule has 3 unspecified atom stereocenters. The van der Waals surface area contributed by atoms with Gasteiger partial charge < -0.3 is 24.8 Å². The van der Waals surface area contributed by atoms with Gasteiger partial charge in [-0.05, 0) is 6.42 Å². The van der Waals surface area contributed by atoms with Gasteiger partial charge in [-0.15, -0.1) is 0 Å². The van der Waals surface area contributed by atoms with Gasteiger partial charge in [-0.25, -0.2) is 4.79 Å². The number of hydrogen-bond donors (Lipinski definition) is 2. The Morgan fingerprint density at radius 3 is 2.74 bits per heavy atom. The number of aliphatic carboxylic acids is 1. The van der Waals surface area contributed by atoms with Crippen molar-refractivity contribution in [1.29, 1.82) is 0 Å². The van der Waals surface area contributed by atoms with E-state index in [1.165, 1.54) is 4.90 Å². The van der Waals surface area contributed by atoms with Crippen molar-refractivity contribution in [2.24, 2.45) is 11.8 Å². The van der Waals surface area contributed by atoms with Crippen molar-refractivity contribution in [3.8, 4) is 0 Å². The van der Waals surface area contributed by atoms with E-state index in [1.807, 2.05) is 0 Å². The standard InChI is InChI=1S/C12H20N2O5/c1-14(10-7-19-6-9(10)11(15)16)12(17)13-4-8-2-3-18-5-8/h8-10H,2-7H2,1H3,(H,13,17)(H,15,16). The molecular formula is C12H20N2O5. The first kappa shape index (κ1) is 14.1. The van der Waals surface area contributed by atoms with Crippen molar-refractivity contribution in [3.05, 3.63) is 0 Å². The predicted octanol–water partition coefficient (Wildman–Crippen LogP) is -0.236. The molecule has 2 rings (SSSR count). The molecule has 0 aromatic rings. The Balaban J connectivity index is 1.82. The van der Waals surface area contributed by atoms with Crippen molar-refractivity contribution in [1.82, 2.24) is 10.2 Å². The molecule has 2 N–H and O–H groups in total. The number of amides is 2. The number of carbonyl (C=O) groups excluding carboxylic acids is 1. The smallest absolute Gasteiger partial charge is 0.317 e.